The van der Waals surface area contributed by atoms with Crippen LogP contribution in [0.15, 0.2) is 35.0 Å². The van der Waals surface area contributed by atoms with E-state index in [1.807, 2.05) is 24.3 Å². The number of nitrogens with one attached hydrogen (secondary N) is 1. The van der Waals surface area contributed by atoms with E-state index in [1.165, 1.54) is 0 Å². The zero-order chi connectivity index (χ0) is 12.3. The summed E-state index contributed by atoms with van der Waals surface area (Å²) >= 11 is 5.98. The second kappa shape index (κ2) is 5.23. The largest absolute Gasteiger partial charge is 0.497 e. The van der Waals surface area contributed by atoms with E-state index in [2.05, 4.69) is 5.32 Å². The molecule has 0 saturated heterocycles. The van der Waals surface area contributed by atoms with Crippen molar-refractivity contribution in [3.63, 3.8) is 0 Å². The molecule has 0 heterocycles. The lowest BCUT2D eigenvalue weighted by atomic mass is 10.0. The van der Waals surface area contributed by atoms with Crippen LogP contribution in [0.4, 0.5) is 5.69 Å². The minimum Gasteiger partial charge on any atom is -0.497 e. The highest BCUT2D eigenvalue weighted by Gasteiger charge is 2.18. The third kappa shape index (κ3) is 2.80. The first-order valence-electron chi connectivity index (χ1n) is 5.53. The molecular formula is C13H14ClNO2. The molecule has 2 rings (SSSR count). The fourth-order valence-electron chi connectivity index (χ4n) is 1.78. The number of carbonyl (C=O) groups excluding carboxylic acids is 1. The van der Waals surface area contributed by atoms with Crippen molar-refractivity contribution < 1.29 is 9.53 Å². The normalized spacial score (nSPS) is 16.0. The van der Waals surface area contributed by atoms with Crippen molar-refractivity contribution in [2.24, 2.45) is 0 Å². The van der Waals surface area contributed by atoms with Crippen LogP contribution in [0.5, 0.6) is 5.75 Å². The molecule has 0 spiro atoms. The number of halogens is 1. The van der Waals surface area contributed by atoms with Gasteiger partial charge in [-0.1, -0.05) is 11.6 Å². The summed E-state index contributed by atoms with van der Waals surface area (Å²) in [5, 5.41) is 3.52. The van der Waals surface area contributed by atoms with Gasteiger partial charge in [-0.3, -0.25) is 4.79 Å². The lowest BCUT2D eigenvalue weighted by Crippen LogP contribution is -2.13. The predicted octanol–water partition coefficient (Wildman–Crippen LogP) is 3.31. The first-order valence-corrected chi connectivity index (χ1v) is 5.91. The van der Waals surface area contributed by atoms with E-state index >= 15 is 0 Å². The zero-order valence-electron chi connectivity index (χ0n) is 9.63. The van der Waals surface area contributed by atoms with Crippen LogP contribution in [-0.2, 0) is 4.79 Å². The molecule has 0 fully saturated rings. The van der Waals surface area contributed by atoms with Gasteiger partial charge in [0.15, 0.2) is 5.78 Å². The number of ether oxygens (including phenoxy) is 1. The van der Waals surface area contributed by atoms with E-state index < -0.39 is 0 Å². The van der Waals surface area contributed by atoms with Gasteiger partial charge in [0.2, 0.25) is 0 Å². The SMILES string of the molecule is COc1ccc(NC2=C(Cl)C(=O)CCC2)cc1. The van der Waals surface area contributed by atoms with E-state index in [4.69, 9.17) is 16.3 Å². The van der Waals surface area contributed by atoms with E-state index in [-0.39, 0.29) is 5.78 Å². The molecule has 1 N–H and O–H groups in total. The second-order valence-electron chi connectivity index (χ2n) is 3.92. The van der Waals surface area contributed by atoms with Gasteiger partial charge in [0.25, 0.3) is 0 Å². The summed E-state index contributed by atoms with van der Waals surface area (Å²) in [6.07, 6.45) is 2.22. The van der Waals surface area contributed by atoms with Crippen LogP contribution in [0.1, 0.15) is 19.3 Å². The van der Waals surface area contributed by atoms with Crippen molar-refractivity contribution in [3.05, 3.63) is 35.0 Å². The van der Waals surface area contributed by atoms with E-state index in [0.29, 0.717) is 11.5 Å². The number of anilines is 1. The maximum atomic E-state index is 11.4. The number of hydrogen-bond acceptors (Lipinski definition) is 3. The van der Waals surface area contributed by atoms with Crippen molar-refractivity contribution in [1.82, 2.24) is 0 Å². The van der Waals surface area contributed by atoms with E-state index in [0.717, 1.165) is 30.0 Å². The Labute approximate surface area is 105 Å². The van der Waals surface area contributed by atoms with Gasteiger partial charge in [-0.25, -0.2) is 0 Å². The topological polar surface area (TPSA) is 38.3 Å². The fourth-order valence-corrected chi connectivity index (χ4v) is 2.02. The Morgan fingerprint density at radius 2 is 1.94 bits per heavy atom. The molecule has 17 heavy (non-hydrogen) atoms. The number of Topliss-reactive ketones (excluding diaryl/α,β-unsaturated/α-hetero) is 1. The standard InChI is InChI=1S/C13H14ClNO2/c1-17-10-7-5-9(6-8-10)15-11-3-2-4-12(16)13(11)14/h5-8,15H,2-4H2,1H3. The van der Waals surface area contributed by atoms with Crippen molar-refractivity contribution >= 4 is 23.1 Å². The molecule has 4 heteroatoms. The molecule has 0 radical (unpaired) electrons. The maximum absolute atomic E-state index is 11.4. The smallest absolute Gasteiger partial charge is 0.175 e. The highest BCUT2D eigenvalue weighted by molar-refractivity contribution is 6.43. The molecule has 1 aliphatic carbocycles. The summed E-state index contributed by atoms with van der Waals surface area (Å²) in [4.78, 5) is 11.4. The van der Waals surface area contributed by atoms with Crippen LogP contribution in [0.2, 0.25) is 0 Å². The Balaban J connectivity index is 2.14. The highest BCUT2D eigenvalue weighted by atomic mass is 35.5. The van der Waals surface area contributed by atoms with Gasteiger partial charge in [-0.15, -0.1) is 0 Å². The van der Waals surface area contributed by atoms with E-state index in [1.54, 1.807) is 7.11 Å². The van der Waals surface area contributed by atoms with Crippen LogP contribution >= 0.6 is 11.6 Å². The van der Waals surface area contributed by atoms with Crippen molar-refractivity contribution in [2.75, 3.05) is 12.4 Å². The van der Waals surface area contributed by atoms with Crippen LogP contribution in [0, 0.1) is 0 Å². The maximum Gasteiger partial charge on any atom is 0.175 e. The summed E-state index contributed by atoms with van der Waals surface area (Å²) in [7, 11) is 1.63. The van der Waals surface area contributed by atoms with Gasteiger partial charge in [-0.2, -0.15) is 0 Å². The van der Waals surface area contributed by atoms with Gasteiger partial charge in [0, 0.05) is 17.8 Å². The third-order valence-electron chi connectivity index (χ3n) is 2.73. The van der Waals surface area contributed by atoms with Crippen molar-refractivity contribution in [3.8, 4) is 5.75 Å². The molecule has 0 saturated carbocycles. The number of ketones is 1. The van der Waals surface area contributed by atoms with Crippen molar-refractivity contribution in [1.29, 1.82) is 0 Å². The molecule has 0 atom stereocenters. The van der Waals surface area contributed by atoms with Gasteiger partial charge in [-0.05, 0) is 37.1 Å². The first-order chi connectivity index (χ1) is 8.20. The van der Waals surface area contributed by atoms with Crippen LogP contribution < -0.4 is 10.1 Å². The van der Waals surface area contributed by atoms with Gasteiger partial charge < -0.3 is 10.1 Å². The molecule has 0 unspecified atom stereocenters. The Hall–Kier alpha value is -1.48. The first kappa shape index (κ1) is 12.0. The third-order valence-corrected chi connectivity index (χ3v) is 3.16. The summed E-state index contributed by atoms with van der Waals surface area (Å²) in [5.74, 6) is 0.823. The number of allylic oxidation sites excluding steroid dienone is 2. The average molecular weight is 252 g/mol. The zero-order valence-corrected chi connectivity index (χ0v) is 10.4. The van der Waals surface area contributed by atoms with Gasteiger partial charge >= 0.3 is 0 Å². The Morgan fingerprint density at radius 3 is 2.59 bits per heavy atom. The number of benzene rings is 1. The molecule has 0 aromatic heterocycles. The molecule has 90 valence electrons. The predicted molar refractivity (Wildman–Crippen MR) is 68.4 cm³/mol. The van der Waals surface area contributed by atoms with Crippen LogP contribution in [-0.4, -0.2) is 12.9 Å². The Morgan fingerprint density at radius 1 is 1.24 bits per heavy atom. The molecule has 1 aromatic rings. The molecule has 0 aliphatic heterocycles. The number of carbonyl (C=O) groups is 1. The molecule has 1 aromatic carbocycles. The van der Waals surface area contributed by atoms with Crippen LogP contribution in [0.25, 0.3) is 0 Å². The fraction of sp³-hybridized carbons (Fsp3) is 0.308. The van der Waals surface area contributed by atoms with Gasteiger partial charge in [0.1, 0.15) is 10.8 Å². The molecule has 1 aliphatic rings. The molecule has 3 nitrogen and oxygen atoms in total. The monoisotopic (exact) mass is 251 g/mol. The highest BCUT2D eigenvalue weighted by Crippen LogP contribution is 2.26. The summed E-state index contributed by atoms with van der Waals surface area (Å²) in [5.41, 5.74) is 1.72. The molecule has 0 bridgehead atoms. The Bertz CT molecular complexity index is 451. The number of rotatable bonds is 3. The molecule has 0 amide bonds. The summed E-state index contributed by atoms with van der Waals surface area (Å²) in [6, 6.07) is 7.52. The lowest BCUT2D eigenvalue weighted by molar-refractivity contribution is -0.115. The Kier molecular flexibility index (Phi) is 3.69. The number of hydrogen-bond donors (Lipinski definition) is 1. The lowest BCUT2D eigenvalue weighted by Gasteiger charge is -2.17. The number of methoxy groups -OCH3 is 1. The van der Waals surface area contributed by atoms with E-state index in [9.17, 15) is 4.79 Å². The average Bonchev–Trinajstić information content (AvgIpc) is 2.36. The summed E-state index contributed by atoms with van der Waals surface area (Å²) < 4.78 is 5.08. The summed E-state index contributed by atoms with van der Waals surface area (Å²) in [6.45, 7) is 0. The minimum atomic E-state index is 0.0222. The van der Waals surface area contributed by atoms with Crippen molar-refractivity contribution in [2.45, 2.75) is 19.3 Å². The quantitative estimate of drug-likeness (QED) is 0.896. The van der Waals surface area contributed by atoms with Crippen LogP contribution in [0.3, 0.4) is 0 Å². The second-order valence-corrected chi connectivity index (χ2v) is 4.30. The van der Waals surface area contributed by atoms with Gasteiger partial charge in [0.05, 0.1) is 7.11 Å². The molecular weight excluding hydrogens is 238 g/mol. The minimum absolute atomic E-state index is 0.0222.